The van der Waals surface area contributed by atoms with E-state index in [9.17, 15) is 4.79 Å². The van der Waals surface area contributed by atoms with E-state index in [0.29, 0.717) is 34.4 Å². The van der Waals surface area contributed by atoms with Crippen molar-refractivity contribution >= 4 is 11.6 Å². The number of rotatable bonds is 8. The van der Waals surface area contributed by atoms with Crippen LogP contribution in [0.25, 0.3) is 0 Å². The van der Waals surface area contributed by atoms with Crippen molar-refractivity contribution in [2.45, 2.75) is 6.42 Å². The number of hydrogen-bond acceptors (Lipinski definition) is 6. The fourth-order valence-corrected chi connectivity index (χ4v) is 2.53. The molecule has 2 aromatic carbocycles. The zero-order valence-corrected chi connectivity index (χ0v) is 15.5. The lowest BCUT2D eigenvalue weighted by Crippen LogP contribution is -2.15. The van der Waals surface area contributed by atoms with Gasteiger partial charge in [-0.2, -0.15) is 0 Å². The molecule has 0 spiro atoms. The summed E-state index contributed by atoms with van der Waals surface area (Å²) in [5.41, 5.74) is 1.29. The summed E-state index contributed by atoms with van der Waals surface area (Å²) in [6.07, 6.45) is 0.143. The Kier molecular flexibility index (Phi) is 6.54. The molecule has 1 N–H and O–H groups in total. The molecule has 0 heterocycles. The number of methoxy groups -OCH3 is 5. The van der Waals surface area contributed by atoms with Crippen LogP contribution in [0.3, 0.4) is 0 Å². The molecule has 140 valence electrons. The number of nitrogens with one attached hydrogen (secondary N) is 1. The van der Waals surface area contributed by atoms with Crippen molar-refractivity contribution in [3.05, 3.63) is 35.9 Å². The Balaban J connectivity index is 2.20. The van der Waals surface area contributed by atoms with Crippen LogP contribution in [0, 0.1) is 0 Å². The predicted octanol–water partition coefficient (Wildman–Crippen LogP) is 2.91. The van der Waals surface area contributed by atoms with Crippen molar-refractivity contribution in [3.8, 4) is 28.7 Å². The molecule has 0 saturated carbocycles. The fourth-order valence-electron chi connectivity index (χ4n) is 2.53. The highest BCUT2D eigenvalue weighted by molar-refractivity contribution is 5.93. The third kappa shape index (κ3) is 4.30. The van der Waals surface area contributed by atoms with Crippen LogP contribution in [0.1, 0.15) is 5.56 Å². The van der Waals surface area contributed by atoms with Gasteiger partial charge in [0.15, 0.2) is 11.5 Å². The monoisotopic (exact) mass is 361 g/mol. The molecule has 0 bridgehead atoms. The van der Waals surface area contributed by atoms with Gasteiger partial charge in [-0.05, 0) is 6.07 Å². The molecule has 2 aromatic rings. The average molecular weight is 361 g/mol. The highest BCUT2D eigenvalue weighted by Crippen LogP contribution is 2.40. The van der Waals surface area contributed by atoms with Gasteiger partial charge in [0.25, 0.3) is 0 Å². The van der Waals surface area contributed by atoms with Gasteiger partial charge in [0.05, 0.1) is 42.0 Å². The zero-order chi connectivity index (χ0) is 19.1. The van der Waals surface area contributed by atoms with Crippen molar-refractivity contribution in [1.29, 1.82) is 0 Å². The van der Waals surface area contributed by atoms with E-state index in [4.69, 9.17) is 23.7 Å². The number of amides is 1. The Bertz CT molecular complexity index is 750. The number of anilines is 1. The minimum atomic E-state index is -0.206. The molecule has 0 aliphatic rings. The molecule has 2 rings (SSSR count). The van der Waals surface area contributed by atoms with Gasteiger partial charge in [0.1, 0.15) is 11.5 Å². The summed E-state index contributed by atoms with van der Waals surface area (Å²) in [4.78, 5) is 12.4. The van der Waals surface area contributed by atoms with Gasteiger partial charge in [-0.3, -0.25) is 4.79 Å². The second-order valence-corrected chi connectivity index (χ2v) is 5.32. The van der Waals surface area contributed by atoms with E-state index in [2.05, 4.69) is 5.32 Å². The Hall–Kier alpha value is -3.09. The third-order valence-electron chi connectivity index (χ3n) is 3.79. The maximum atomic E-state index is 12.4. The molecule has 0 aromatic heterocycles. The van der Waals surface area contributed by atoms with E-state index in [1.165, 1.54) is 21.3 Å². The summed E-state index contributed by atoms with van der Waals surface area (Å²) in [6, 6.07) is 8.66. The number of carbonyl (C=O) groups excluding carboxylic acids is 1. The molecule has 1 amide bonds. The van der Waals surface area contributed by atoms with Crippen molar-refractivity contribution in [2.24, 2.45) is 0 Å². The van der Waals surface area contributed by atoms with E-state index in [0.717, 1.165) is 5.56 Å². The average Bonchev–Trinajstić information content (AvgIpc) is 2.67. The first-order chi connectivity index (χ1) is 12.6. The molecule has 0 fully saturated rings. The molecule has 26 heavy (non-hydrogen) atoms. The standard InChI is InChI=1S/C19H23NO6/c1-22-14-7-6-12(15(11-14)23-2)8-18(21)20-13-9-16(24-3)19(26-5)17(10-13)25-4/h6-7,9-11H,8H2,1-5H3,(H,20,21). The molecule has 0 aliphatic heterocycles. The second kappa shape index (κ2) is 8.84. The lowest BCUT2D eigenvalue weighted by Gasteiger charge is -2.15. The lowest BCUT2D eigenvalue weighted by atomic mass is 10.1. The van der Waals surface area contributed by atoms with Gasteiger partial charge >= 0.3 is 0 Å². The van der Waals surface area contributed by atoms with Crippen LogP contribution in [0.4, 0.5) is 5.69 Å². The van der Waals surface area contributed by atoms with Crippen molar-refractivity contribution in [3.63, 3.8) is 0 Å². The lowest BCUT2D eigenvalue weighted by molar-refractivity contribution is -0.115. The molecule has 0 radical (unpaired) electrons. The molecular weight excluding hydrogens is 338 g/mol. The summed E-state index contributed by atoms with van der Waals surface area (Å²) in [5, 5.41) is 2.83. The van der Waals surface area contributed by atoms with Crippen LogP contribution in [-0.4, -0.2) is 41.5 Å². The Morgan fingerprint density at radius 2 is 1.42 bits per heavy atom. The number of ether oxygens (including phenoxy) is 5. The normalized spacial score (nSPS) is 10.0. The first-order valence-electron chi connectivity index (χ1n) is 7.87. The van der Waals surface area contributed by atoms with Gasteiger partial charge in [0.2, 0.25) is 11.7 Å². The first-order valence-corrected chi connectivity index (χ1v) is 7.87. The van der Waals surface area contributed by atoms with Crippen molar-refractivity contribution in [1.82, 2.24) is 0 Å². The SMILES string of the molecule is COc1ccc(CC(=O)Nc2cc(OC)c(OC)c(OC)c2)c(OC)c1. The van der Waals surface area contributed by atoms with Crippen LogP contribution in [0.15, 0.2) is 30.3 Å². The molecule has 0 aliphatic carbocycles. The van der Waals surface area contributed by atoms with Crippen LogP contribution >= 0.6 is 0 Å². The maximum Gasteiger partial charge on any atom is 0.228 e. The first kappa shape index (κ1) is 19.2. The molecule has 0 unspecified atom stereocenters. The van der Waals surface area contributed by atoms with E-state index in [1.54, 1.807) is 44.6 Å². The highest BCUT2D eigenvalue weighted by Gasteiger charge is 2.15. The van der Waals surface area contributed by atoms with Crippen LogP contribution in [0.2, 0.25) is 0 Å². The number of benzene rings is 2. The summed E-state index contributed by atoms with van der Waals surface area (Å²) in [6.45, 7) is 0. The smallest absolute Gasteiger partial charge is 0.228 e. The van der Waals surface area contributed by atoms with Crippen LogP contribution < -0.4 is 29.0 Å². The number of carbonyl (C=O) groups is 1. The third-order valence-corrected chi connectivity index (χ3v) is 3.79. The molecule has 7 heteroatoms. The fraction of sp³-hybridized carbons (Fsp3) is 0.316. The molecule has 0 saturated heterocycles. The highest BCUT2D eigenvalue weighted by atomic mass is 16.5. The zero-order valence-electron chi connectivity index (χ0n) is 15.5. The predicted molar refractivity (Wildman–Crippen MR) is 98.0 cm³/mol. The van der Waals surface area contributed by atoms with Gasteiger partial charge in [-0.15, -0.1) is 0 Å². The van der Waals surface area contributed by atoms with Gasteiger partial charge in [-0.25, -0.2) is 0 Å². The quantitative estimate of drug-likeness (QED) is 0.779. The number of hydrogen-bond donors (Lipinski definition) is 1. The van der Waals surface area contributed by atoms with Crippen molar-refractivity contribution < 1.29 is 28.5 Å². The largest absolute Gasteiger partial charge is 0.497 e. The molecule has 7 nitrogen and oxygen atoms in total. The van der Waals surface area contributed by atoms with E-state index >= 15 is 0 Å². The van der Waals surface area contributed by atoms with E-state index in [1.807, 2.05) is 0 Å². The van der Waals surface area contributed by atoms with Crippen LogP contribution in [0.5, 0.6) is 28.7 Å². The topological polar surface area (TPSA) is 75.3 Å². The van der Waals surface area contributed by atoms with Gasteiger partial charge in [-0.1, -0.05) is 6.07 Å². The maximum absolute atomic E-state index is 12.4. The molecular formula is C19H23NO6. The summed E-state index contributed by atoms with van der Waals surface area (Å²) < 4.78 is 26.3. The Morgan fingerprint density at radius 1 is 0.808 bits per heavy atom. The van der Waals surface area contributed by atoms with Gasteiger partial charge < -0.3 is 29.0 Å². The van der Waals surface area contributed by atoms with Gasteiger partial charge in [0, 0.05) is 29.4 Å². The Labute approximate surface area is 152 Å². The molecule has 0 atom stereocenters. The second-order valence-electron chi connectivity index (χ2n) is 5.32. The minimum Gasteiger partial charge on any atom is -0.497 e. The van der Waals surface area contributed by atoms with E-state index < -0.39 is 0 Å². The van der Waals surface area contributed by atoms with Crippen molar-refractivity contribution in [2.75, 3.05) is 40.9 Å². The minimum absolute atomic E-state index is 0.143. The summed E-state index contributed by atoms with van der Waals surface area (Å²) in [5.74, 6) is 2.43. The summed E-state index contributed by atoms with van der Waals surface area (Å²) >= 11 is 0. The van der Waals surface area contributed by atoms with E-state index in [-0.39, 0.29) is 12.3 Å². The Morgan fingerprint density at radius 3 is 1.92 bits per heavy atom. The van der Waals surface area contributed by atoms with Crippen LogP contribution in [-0.2, 0) is 11.2 Å². The summed E-state index contributed by atoms with van der Waals surface area (Å²) in [7, 11) is 7.69.